The van der Waals surface area contributed by atoms with E-state index in [0.717, 1.165) is 6.07 Å². The molecule has 0 aliphatic heterocycles. The lowest BCUT2D eigenvalue weighted by atomic mass is 10.1. The molecule has 2 aromatic rings. The van der Waals surface area contributed by atoms with Gasteiger partial charge in [-0.2, -0.15) is 0 Å². The molecule has 0 spiro atoms. The maximum Gasteiger partial charge on any atom is 0.371 e. The summed E-state index contributed by atoms with van der Waals surface area (Å²) in [6, 6.07) is 5.65. The Kier molecular flexibility index (Phi) is 4.59. The normalized spacial score (nSPS) is 9.86. The third-order valence-electron chi connectivity index (χ3n) is 2.79. The largest absolute Gasteiger partial charge is 0.475 e. The summed E-state index contributed by atoms with van der Waals surface area (Å²) in [6.07, 6.45) is 0.490. The van der Waals surface area contributed by atoms with Gasteiger partial charge in [0.25, 0.3) is 0 Å². The number of carboxylic acids is 1. The van der Waals surface area contributed by atoms with Crippen LogP contribution in [-0.2, 0) is 4.79 Å². The lowest BCUT2D eigenvalue weighted by Gasteiger charge is -1.99. The number of hydrogen-bond donors (Lipinski definition) is 2. The van der Waals surface area contributed by atoms with Gasteiger partial charge in [-0.3, -0.25) is 9.59 Å². The number of carbonyl (C=O) groups excluding carboxylic acids is 1. The zero-order valence-electron chi connectivity index (χ0n) is 11.8. The molecule has 0 fully saturated rings. The molecule has 0 atom stereocenters. The van der Waals surface area contributed by atoms with Crippen molar-refractivity contribution in [2.24, 2.45) is 0 Å². The van der Waals surface area contributed by atoms with E-state index in [1.807, 2.05) is 0 Å². The zero-order valence-corrected chi connectivity index (χ0v) is 11.8. The lowest BCUT2D eigenvalue weighted by Crippen LogP contribution is -2.20. The highest BCUT2D eigenvalue weighted by atomic mass is 16.4. The van der Waals surface area contributed by atoms with Crippen molar-refractivity contribution >= 4 is 22.8 Å². The van der Waals surface area contributed by atoms with Gasteiger partial charge in [-0.15, -0.1) is 0 Å². The molecular weight excluding hydrogens is 286 g/mol. The first-order valence-electron chi connectivity index (χ1n) is 6.52. The lowest BCUT2D eigenvalue weighted by molar-refractivity contribution is -0.118. The van der Waals surface area contributed by atoms with Crippen LogP contribution in [0.2, 0.25) is 0 Å². The van der Waals surface area contributed by atoms with Crippen LogP contribution in [0.3, 0.4) is 0 Å². The van der Waals surface area contributed by atoms with Gasteiger partial charge < -0.3 is 14.8 Å². The third kappa shape index (κ3) is 3.73. The Morgan fingerprint density at radius 3 is 2.77 bits per heavy atom. The van der Waals surface area contributed by atoms with E-state index >= 15 is 0 Å². The van der Waals surface area contributed by atoms with E-state index in [4.69, 9.17) is 9.52 Å². The second-order valence-corrected chi connectivity index (χ2v) is 4.53. The topological polar surface area (TPSA) is 96.6 Å². The first kappa shape index (κ1) is 15.3. The number of benzene rings is 1. The SMILES string of the molecule is CC(=O)NCCC#Cc1ccc2oc(C(=O)O)cc(=O)c2c1. The molecule has 6 heteroatoms. The highest BCUT2D eigenvalue weighted by Gasteiger charge is 2.10. The van der Waals surface area contributed by atoms with E-state index < -0.39 is 17.2 Å². The quantitative estimate of drug-likeness (QED) is 0.659. The van der Waals surface area contributed by atoms with Crippen molar-refractivity contribution in [3.63, 3.8) is 0 Å². The first-order chi connectivity index (χ1) is 10.5. The number of aromatic carboxylic acids is 1. The average Bonchev–Trinajstić information content (AvgIpc) is 2.46. The summed E-state index contributed by atoms with van der Waals surface area (Å²) in [6.45, 7) is 1.89. The maximum atomic E-state index is 11.9. The molecule has 2 rings (SSSR count). The van der Waals surface area contributed by atoms with Gasteiger partial charge in [0.2, 0.25) is 11.7 Å². The maximum absolute atomic E-state index is 11.9. The van der Waals surface area contributed by atoms with Crippen LogP contribution in [0.15, 0.2) is 33.5 Å². The van der Waals surface area contributed by atoms with Gasteiger partial charge in [-0.05, 0) is 18.2 Å². The number of carboxylic acid groups (broad SMARTS) is 1. The van der Waals surface area contributed by atoms with Gasteiger partial charge in [0, 0.05) is 31.5 Å². The van der Waals surface area contributed by atoms with Gasteiger partial charge in [-0.1, -0.05) is 11.8 Å². The van der Waals surface area contributed by atoms with E-state index in [1.165, 1.54) is 13.0 Å². The van der Waals surface area contributed by atoms with E-state index in [2.05, 4.69) is 17.2 Å². The molecule has 0 saturated carbocycles. The van der Waals surface area contributed by atoms with Gasteiger partial charge in [0.15, 0.2) is 5.43 Å². The Hall–Kier alpha value is -3.07. The minimum atomic E-state index is -1.29. The molecular formula is C16H13NO5. The Labute approximate surface area is 125 Å². The molecule has 0 aliphatic carbocycles. The van der Waals surface area contributed by atoms with Gasteiger partial charge in [0.05, 0.1) is 5.39 Å². The number of carbonyl (C=O) groups is 2. The summed E-state index contributed by atoms with van der Waals surface area (Å²) in [7, 11) is 0. The Bertz CT molecular complexity index is 854. The van der Waals surface area contributed by atoms with Crippen molar-refractivity contribution in [3.8, 4) is 11.8 Å². The van der Waals surface area contributed by atoms with E-state index in [-0.39, 0.29) is 16.9 Å². The molecule has 0 aliphatic rings. The summed E-state index contributed by atoms with van der Waals surface area (Å²) in [5.74, 6) is 3.96. The van der Waals surface area contributed by atoms with Crippen LogP contribution < -0.4 is 10.7 Å². The molecule has 0 bridgehead atoms. The molecule has 1 aromatic carbocycles. The summed E-state index contributed by atoms with van der Waals surface area (Å²) in [5.41, 5.74) is 0.389. The van der Waals surface area contributed by atoms with Crippen LogP contribution >= 0.6 is 0 Å². The minimum Gasteiger partial charge on any atom is -0.475 e. The van der Waals surface area contributed by atoms with Crippen molar-refractivity contribution in [1.82, 2.24) is 5.32 Å². The molecule has 0 saturated heterocycles. The van der Waals surface area contributed by atoms with Crippen LogP contribution in [0.1, 0.15) is 29.5 Å². The fourth-order valence-corrected chi connectivity index (χ4v) is 1.81. The number of fused-ring (bicyclic) bond motifs is 1. The van der Waals surface area contributed by atoms with Crippen molar-refractivity contribution < 1.29 is 19.1 Å². The Morgan fingerprint density at radius 2 is 2.09 bits per heavy atom. The molecule has 112 valence electrons. The molecule has 6 nitrogen and oxygen atoms in total. The summed E-state index contributed by atoms with van der Waals surface area (Å²) in [5, 5.41) is 11.7. The fourth-order valence-electron chi connectivity index (χ4n) is 1.81. The number of hydrogen-bond acceptors (Lipinski definition) is 4. The Balaban J connectivity index is 2.24. The van der Waals surface area contributed by atoms with E-state index in [0.29, 0.717) is 18.5 Å². The monoisotopic (exact) mass is 299 g/mol. The standard InChI is InChI=1S/C16H13NO5/c1-10(18)17-7-3-2-4-11-5-6-14-12(8-11)13(19)9-15(22-14)16(20)21/h5-6,8-9H,3,7H2,1H3,(H,17,18)(H,20,21). The van der Waals surface area contributed by atoms with E-state index in [9.17, 15) is 14.4 Å². The second kappa shape index (κ2) is 6.59. The summed E-state index contributed by atoms with van der Waals surface area (Å²) >= 11 is 0. The highest BCUT2D eigenvalue weighted by Crippen LogP contribution is 2.14. The molecule has 1 amide bonds. The number of rotatable bonds is 3. The van der Waals surface area contributed by atoms with Gasteiger partial charge >= 0.3 is 5.97 Å². The summed E-state index contributed by atoms with van der Waals surface area (Å²) in [4.78, 5) is 33.4. The second-order valence-electron chi connectivity index (χ2n) is 4.53. The zero-order chi connectivity index (χ0) is 16.1. The molecule has 1 heterocycles. The van der Waals surface area contributed by atoms with Gasteiger partial charge in [-0.25, -0.2) is 4.79 Å². The van der Waals surface area contributed by atoms with Crippen molar-refractivity contribution in [1.29, 1.82) is 0 Å². The van der Waals surface area contributed by atoms with Crippen LogP contribution in [-0.4, -0.2) is 23.5 Å². The number of nitrogens with one attached hydrogen (secondary N) is 1. The predicted octanol–water partition coefficient (Wildman–Crippen LogP) is 1.37. The summed E-state index contributed by atoms with van der Waals surface area (Å²) < 4.78 is 5.13. The minimum absolute atomic E-state index is 0.112. The fraction of sp³-hybridized carbons (Fsp3) is 0.188. The first-order valence-corrected chi connectivity index (χ1v) is 6.52. The Morgan fingerprint density at radius 1 is 1.32 bits per heavy atom. The van der Waals surface area contributed by atoms with Crippen LogP contribution in [0, 0.1) is 11.8 Å². The predicted molar refractivity (Wildman–Crippen MR) is 79.6 cm³/mol. The number of amides is 1. The van der Waals surface area contributed by atoms with Crippen molar-refractivity contribution in [2.45, 2.75) is 13.3 Å². The molecule has 0 unspecified atom stereocenters. The van der Waals surface area contributed by atoms with E-state index in [1.54, 1.807) is 12.1 Å². The molecule has 0 radical (unpaired) electrons. The van der Waals surface area contributed by atoms with Crippen LogP contribution in [0.4, 0.5) is 0 Å². The van der Waals surface area contributed by atoms with Crippen LogP contribution in [0.25, 0.3) is 11.0 Å². The van der Waals surface area contributed by atoms with Gasteiger partial charge in [0.1, 0.15) is 5.58 Å². The molecule has 2 N–H and O–H groups in total. The van der Waals surface area contributed by atoms with Crippen molar-refractivity contribution in [3.05, 3.63) is 45.8 Å². The molecule has 1 aromatic heterocycles. The third-order valence-corrected chi connectivity index (χ3v) is 2.79. The van der Waals surface area contributed by atoms with Crippen LogP contribution in [0.5, 0.6) is 0 Å². The smallest absolute Gasteiger partial charge is 0.371 e. The molecule has 22 heavy (non-hydrogen) atoms. The highest BCUT2D eigenvalue weighted by molar-refractivity contribution is 5.87. The van der Waals surface area contributed by atoms with Crippen molar-refractivity contribution in [2.75, 3.05) is 6.54 Å². The average molecular weight is 299 g/mol.